The first-order valence-electron chi connectivity index (χ1n) is 11.9. The van der Waals surface area contributed by atoms with Crippen molar-refractivity contribution in [3.8, 4) is 0 Å². The summed E-state index contributed by atoms with van der Waals surface area (Å²) in [7, 11) is 0. The third-order valence-corrected chi connectivity index (χ3v) is 6.15. The standard InChI is InChI=1S/C24H42O8/c1-4-5-11-15-19(25)23(21(28)29,24(32,22(30)31)17-20(26)27)16-13-10-8-6-7-9-12-14-18(2)3/h18,32H,4-17H2,1-3H3,(H,26,27)(H,28,29)(H,30,31). The molecule has 0 saturated carbocycles. The van der Waals surface area contributed by atoms with E-state index >= 15 is 0 Å². The molecule has 2 unspecified atom stereocenters. The van der Waals surface area contributed by atoms with Crippen LogP contribution in [0.5, 0.6) is 0 Å². The second-order valence-electron chi connectivity index (χ2n) is 9.23. The zero-order valence-corrected chi connectivity index (χ0v) is 19.9. The Balaban J connectivity index is 5.37. The van der Waals surface area contributed by atoms with Crippen molar-refractivity contribution < 1.29 is 39.6 Å². The monoisotopic (exact) mass is 458 g/mol. The van der Waals surface area contributed by atoms with Crippen molar-refractivity contribution in [1.82, 2.24) is 0 Å². The highest BCUT2D eigenvalue weighted by atomic mass is 16.4. The van der Waals surface area contributed by atoms with Gasteiger partial charge in [-0.05, 0) is 18.8 Å². The highest BCUT2D eigenvalue weighted by molar-refractivity contribution is 6.09. The summed E-state index contributed by atoms with van der Waals surface area (Å²) < 4.78 is 0. The SMILES string of the molecule is CCCCCC(=O)C(CCCCCCCCCC(C)C)(C(=O)O)C(O)(CC(=O)O)C(=O)O. The van der Waals surface area contributed by atoms with E-state index in [-0.39, 0.29) is 12.8 Å². The summed E-state index contributed by atoms with van der Waals surface area (Å²) in [5.74, 6) is -5.70. The van der Waals surface area contributed by atoms with Gasteiger partial charge in [0.15, 0.2) is 16.8 Å². The zero-order chi connectivity index (χ0) is 24.8. The Morgan fingerprint density at radius 1 is 0.750 bits per heavy atom. The summed E-state index contributed by atoms with van der Waals surface area (Å²) in [5.41, 5.74) is -5.91. The number of carbonyl (C=O) groups is 4. The second kappa shape index (κ2) is 15.0. The van der Waals surface area contributed by atoms with Crippen LogP contribution in [0, 0.1) is 11.3 Å². The quantitative estimate of drug-likeness (QED) is 0.152. The summed E-state index contributed by atoms with van der Waals surface area (Å²) in [6.45, 7) is 6.26. The normalized spacial score (nSPS) is 15.2. The molecule has 0 aliphatic carbocycles. The van der Waals surface area contributed by atoms with E-state index < -0.39 is 47.5 Å². The number of carbonyl (C=O) groups excluding carboxylic acids is 1. The maximum absolute atomic E-state index is 13.0. The van der Waals surface area contributed by atoms with Crippen LogP contribution < -0.4 is 0 Å². The van der Waals surface area contributed by atoms with Crippen LogP contribution >= 0.6 is 0 Å². The molecule has 0 aromatic heterocycles. The summed E-state index contributed by atoms with van der Waals surface area (Å²) >= 11 is 0. The van der Waals surface area contributed by atoms with E-state index in [1.165, 1.54) is 6.42 Å². The van der Waals surface area contributed by atoms with E-state index in [0.29, 0.717) is 25.2 Å². The average Bonchev–Trinajstić information content (AvgIpc) is 2.68. The fourth-order valence-electron chi connectivity index (χ4n) is 4.18. The van der Waals surface area contributed by atoms with Crippen molar-refractivity contribution in [3.63, 3.8) is 0 Å². The van der Waals surface area contributed by atoms with Crippen LogP contribution in [0.3, 0.4) is 0 Å². The number of ketones is 1. The molecular formula is C24H42O8. The number of aliphatic carboxylic acids is 3. The number of hydrogen-bond donors (Lipinski definition) is 4. The van der Waals surface area contributed by atoms with Crippen molar-refractivity contribution in [2.45, 2.75) is 116 Å². The van der Waals surface area contributed by atoms with Crippen molar-refractivity contribution in [1.29, 1.82) is 0 Å². The van der Waals surface area contributed by atoms with Gasteiger partial charge in [0.25, 0.3) is 0 Å². The first-order chi connectivity index (χ1) is 15.0. The summed E-state index contributed by atoms with van der Waals surface area (Å²) in [5, 5.41) is 39.6. The first-order valence-corrected chi connectivity index (χ1v) is 11.9. The van der Waals surface area contributed by atoms with Gasteiger partial charge in [-0.15, -0.1) is 0 Å². The number of rotatable bonds is 20. The van der Waals surface area contributed by atoms with Gasteiger partial charge in [-0.1, -0.05) is 85.0 Å². The predicted octanol–water partition coefficient (Wildman–Crippen LogP) is 4.66. The Bertz CT molecular complexity index is 615. The number of hydrogen-bond acceptors (Lipinski definition) is 5. The van der Waals surface area contributed by atoms with Crippen molar-refractivity contribution in [2.24, 2.45) is 11.3 Å². The molecule has 0 fully saturated rings. The molecule has 186 valence electrons. The van der Waals surface area contributed by atoms with E-state index in [0.717, 1.165) is 38.5 Å². The molecule has 0 saturated heterocycles. The molecule has 2 atom stereocenters. The van der Waals surface area contributed by atoms with Gasteiger partial charge in [-0.25, -0.2) is 4.79 Å². The number of unbranched alkanes of at least 4 members (excludes halogenated alkanes) is 8. The molecule has 8 nitrogen and oxygen atoms in total. The lowest BCUT2D eigenvalue weighted by molar-refractivity contribution is -0.196. The maximum Gasteiger partial charge on any atom is 0.338 e. The Hall–Kier alpha value is -1.96. The van der Waals surface area contributed by atoms with Crippen molar-refractivity contribution in [3.05, 3.63) is 0 Å². The Morgan fingerprint density at radius 3 is 1.72 bits per heavy atom. The van der Waals surface area contributed by atoms with Gasteiger partial charge in [0.2, 0.25) is 0 Å². The fourth-order valence-corrected chi connectivity index (χ4v) is 4.18. The van der Waals surface area contributed by atoms with Gasteiger partial charge < -0.3 is 20.4 Å². The highest BCUT2D eigenvalue weighted by Crippen LogP contribution is 2.43. The fraction of sp³-hybridized carbons (Fsp3) is 0.833. The summed E-state index contributed by atoms with van der Waals surface area (Å²) in [6, 6.07) is 0. The van der Waals surface area contributed by atoms with Crippen LogP contribution in [0.25, 0.3) is 0 Å². The molecule has 0 amide bonds. The molecule has 8 heteroatoms. The van der Waals surface area contributed by atoms with Gasteiger partial charge in [0.1, 0.15) is 0 Å². The number of carboxylic acid groups (broad SMARTS) is 3. The van der Waals surface area contributed by atoms with Crippen molar-refractivity contribution >= 4 is 23.7 Å². The molecule has 0 spiro atoms. The topological polar surface area (TPSA) is 149 Å². The molecule has 0 aliphatic heterocycles. The van der Waals surface area contributed by atoms with E-state index in [1.807, 2.05) is 6.92 Å². The van der Waals surface area contributed by atoms with E-state index in [2.05, 4.69) is 13.8 Å². The molecule has 0 radical (unpaired) electrons. The third kappa shape index (κ3) is 8.88. The van der Waals surface area contributed by atoms with Crippen LogP contribution in [-0.2, 0) is 19.2 Å². The highest BCUT2D eigenvalue weighted by Gasteiger charge is 2.65. The molecule has 4 N–H and O–H groups in total. The summed E-state index contributed by atoms with van der Waals surface area (Å²) in [6.07, 6.45) is 6.81. The molecule has 0 heterocycles. The number of aliphatic hydroxyl groups is 1. The van der Waals surface area contributed by atoms with E-state index in [1.54, 1.807) is 0 Å². The molecule has 0 rings (SSSR count). The Kier molecular flexibility index (Phi) is 14.1. The van der Waals surface area contributed by atoms with Gasteiger partial charge >= 0.3 is 17.9 Å². The van der Waals surface area contributed by atoms with Gasteiger partial charge in [0.05, 0.1) is 6.42 Å². The number of Topliss-reactive ketones (excluding diaryl/α,β-unsaturated/α-hetero) is 1. The zero-order valence-electron chi connectivity index (χ0n) is 19.9. The lowest BCUT2D eigenvalue weighted by Crippen LogP contribution is -2.63. The maximum atomic E-state index is 13.0. The van der Waals surface area contributed by atoms with Gasteiger partial charge in [-0.2, -0.15) is 0 Å². The molecular weight excluding hydrogens is 416 g/mol. The smallest absolute Gasteiger partial charge is 0.338 e. The molecule has 0 aromatic carbocycles. The Labute approximate surface area is 191 Å². The predicted molar refractivity (Wildman–Crippen MR) is 120 cm³/mol. The minimum Gasteiger partial charge on any atom is -0.481 e. The lowest BCUT2D eigenvalue weighted by Gasteiger charge is -2.39. The average molecular weight is 459 g/mol. The lowest BCUT2D eigenvalue weighted by atomic mass is 9.63. The van der Waals surface area contributed by atoms with Gasteiger partial charge in [-0.3, -0.25) is 14.4 Å². The third-order valence-electron chi connectivity index (χ3n) is 6.15. The molecule has 0 aliphatic rings. The van der Waals surface area contributed by atoms with E-state index in [4.69, 9.17) is 5.11 Å². The van der Waals surface area contributed by atoms with Crippen LogP contribution in [-0.4, -0.2) is 49.7 Å². The molecule has 0 bridgehead atoms. The van der Waals surface area contributed by atoms with Crippen LogP contribution in [0.1, 0.15) is 111 Å². The van der Waals surface area contributed by atoms with Crippen LogP contribution in [0.2, 0.25) is 0 Å². The molecule has 0 aromatic rings. The van der Waals surface area contributed by atoms with E-state index in [9.17, 15) is 34.5 Å². The largest absolute Gasteiger partial charge is 0.481 e. The second-order valence-corrected chi connectivity index (χ2v) is 9.23. The minimum atomic E-state index is -3.22. The Morgan fingerprint density at radius 2 is 1.28 bits per heavy atom. The van der Waals surface area contributed by atoms with Crippen LogP contribution in [0.4, 0.5) is 0 Å². The van der Waals surface area contributed by atoms with Crippen LogP contribution in [0.15, 0.2) is 0 Å². The van der Waals surface area contributed by atoms with Gasteiger partial charge in [0, 0.05) is 6.42 Å². The molecule has 32 heavy (non-hydrogen) atoms. The first kappa shape index (κ1) is 30.0. The number of carboxylic acids is 3. The minimum absolute atomic E-state index is 0.215. The summed E-state index contributed by atoms with van der Waals surface area (Å²) in [4.78, 5) is 48.5. The van der Waals surface area contributed by atoms with Crippen molar-refractivity contribution in [2.75, 3.05) is 0 Å².